The van der Waals surface area contributed by atoms with Gasteiger partial charge >= 0.3 is 6.09 Å². The van der Waals surface area contributed by atoms with Crippen LogP contribution in [0.2, 0.25) is 0 Å². The molecule has 0 radical (unpaired) electrons. The molecule has 0 aliphatic carbocycles. The largest absolute Gasteiger partial charge is 0.462 e. The normalized spacial score (nSPS) is 11.6. The van der Waals surface area contributed by atoms with Gasteiger partial charge in [-0.3, -0.25) is 5.32 Å². The van der Waals surface area contributed by atoms with Crippen molar-refractivity contribution in [2.45, 2.75) is 26.4 Å². The molecule has 0 saturated heterocycles. The van der Waals surface area contributed by atoms with Gasteiger partial charge in [0.05, 0.1) is 5.69 Å². The first-order valence-corrected chi connectivity index (χ1v) is 5.52. The fraction of sp³-hybridized carbons (Fsp3) is 0.308. The van der Waals surface area contributed by atoms with Gasteiger partial charge in [0.1, 0.15) is 23.3 Å². The number of carbonyl (C=O) groups excluding carboxylic acids is 1. The summed E-state index contributed by atoms with van der Waals surface area (Å²) in [6.07, 6.45) is 0.781. The Labute approximate surface area is 104 Å². The van der Waals surface area contributed by atoms with E-state index in [1.54, 1.807) is 26.8 Å². The number of hydrogen-bond acceptors (Lipinski definition) is 3. The first-order valence-electron chi connectivity index (χ1n) is 5.52. The second-order valence-electron chi connectivity index (χ2n) is 4.92. The summed E-state index contributed by atoms with van der Waals surface area (Å²) in [7, 11) is 0. The highest BCUT2D eigenvalue weighted by Gasteiger charge is 2.17. The Morgan fingerprint density at radius 2 is 2.11 bits per heavy atom. The molecule has 1 N–H and O–H groups in total. The minimum Gasteiger partial charge on any atom is -0.462 e. The molecule has 0 aliphatic heterocycles. The first-order chi connectivity index (χ1) is 8.35. The van der Waals surface area contributed by atoms with Gasteiger partial charge in [-0.15, -0.1) is 0 Å². The molecule has 2 rings (SSSR count). The maximum absolute atomic E-state index is 13.0. The van der Waals surface area contributed by atoms with E-state index in [9.17, 15) is 9.18 Å². The zero-order chi connectivity index (χ0) is 13.3. The number of rotatable bonds is 1. The average molecular weight is 251 g/mol. The second-order valence-corrected chi connectivity index (χ2v) is 4.92. The standard InChI is InChI=1S/C13H14FNO3/c1-13(2,3)18-12(16)15-10-7-17-11-6-8(14)4-5-9(10)11/h4-7H,1-3H3,(H,15,16). The van der Waals surface area contributed by atoms with Gasteiger partial charge < -0.3 is 9.15 Å². The molecular weight excluding hydrogens is 237 g/mol. The second kappa shape index (κ2) is 4.33. The number of halogens is 1. The Balaban J connectivity index is 2.20. The van der Waals surface area contributed by atoms with E-state index in [0.29, 0.717) is 16.7 Å². The van der Waals surface area contributed by atoms with Gasteiger partial charge in [0.25, 0.3) is 0 Å². The maximum atomic E-state index is 13.0. The Bertz CT molecular complexity index is 583. The average Bonchev–Trinajstić information content (AvgIpc) is 2.57. The Hall–Kier alpha value is -2.04. The summed E-state index contributed by atoms with van der Waals surface area (Å²) in [5, 5.41) is 3.19. The summed E-state index contributed by atoms with van der Waals surface area (Å²) < 4.78 is 23.2. The number of ether oxygens (including phenoxy) is 1. The first kappa shape index (κ1) is 12.4. The maximum Gasteiger partial charge on any atom is 0.412 e. The van der Waals surface area contributed by atoms with E-state index in [-0.39, 0.29) is 5.82 Å². The highest BCUT2D eigenvalue weighted by molar-refractivity contribution is 5.98. The SMILES string of the molecule is CC(C)(C)OC(=O)Nc1coc2cc(F)ccc12. The monoisotopic (exact) mass is 251 g/mol. The van der Waals surface area contributed by atoms with E-state index in [4.69, 9.17) is 9.15 Å². The molecule has 0 aliphatic rings. The molecule has 0 atom stereocenters. The van der Waals surface area contributed by atoms with E-state index in [0.717, 1.165) is 0 Å². The third-order valence-corrected chi connectivity index (χ3v) is 2.17. The number of anilines is 1. The van der Waals surface area contributed by atoms with Crippen LogP contribution in [-0.4, -0.2) is 11.7 Å². The van der Waals surface area contributed by atoms with Crippen molar-refractivity contribution in [3.05, 3.63) is 30.3 Å². The van der Waals surface area contributed by atoms with Gasteiger partial charge in [-0.2, -0.15) is 0 Å². The van der Waals surface area contributed by atoms with Crippen molar-refractivity contribution < 1.29 is 18.3 Å². The lowest BCUT2D eigenvalue weighted by molar-refractivity contribution is 0.0636. The molecular formula is C13H14FNO3. The number of carbonyl (C=O) groups is 1. The van der Waals surface area contributed by atoms with Crippen LogP contribution in [0.25, 0.3) is 11.0 Å². The highest BCUT2D eigenvalue weighted by Crippen LogP contribution is 2.26. The molecule has 1 heterocycles. The molecule has 1 amide bonds. The molecule has 18 heavy (non-hydrogen) atoms. The van der Waals surface area contributed by atoms with Gasteiger partial charge in [-0.05, 0) is 32.9 Å². The summed E-state index contributed by atoms with van der Waals surface area (Å²) in [4.78, 5) is 11.6. The third-order valence-electron chi connectivity index (χ3n) is 2.17. The van der Waals surface area contributed by atoms with Crippen molar-refractivity contribution in [2.75, 3.05) is 5.32 Å². The van der Waals surface area contributed by atoms with Crippen molar-refractivity contribution in [1.29, 1.82) is 0 Å². The van der Waals surface area contributed by atoms with Crippen LogP contribution in [-0.2, 0) is 4.74 Å². The van der Waals surface area contributed by atoms with Crippen LogP contribution in [0.1, 0.15) is 20.8 Å². The topological polar surface area (TPSA) is 51.5 Å². The van der Waals surface area contributed by atoms with Crippen LogP contribution in [0.3, 0.4) is 0 Å². The molecule has 0 bridgehead atoms. The summed E-state index contributed by atoms with van der Waals surface area (Å²) in [5.41, 5.74) is 0.260. The van der Waals surface area contributed by atoms with E-state index in [1.165, 1.54) is 18.4 Å². The smallest absolute Gasteiger partial charge is 0.412 e. The third kappa shape index (κ3) is 2.80. The van der Waals surface area contributed by atoms with Gasteiger partial charge in [0, 0.05) is 11.5 Å². The van der Waals surface area contributed by atoms with Gasteiger partial charge in [0.15, 0.2) is 0 Å². The Kier molecular flexibility index (Phi) is 2.98. The number of furan rings is 1. The van der Waals surface area contributed by atoms with Crippen molar-refractivity contribution >= 4 is 22.7 Å². The lowest BCUT2D eigenvalue weighted by atomic mass is 10.2. The summed E-state index contributed by atoms with van der Waals surface area (Å²) in [5.74, 6) is -0.388. The van der Waals surface area contributed by atoms with Gasteiger partial charge in [-0.25, -0.2) is 9.18 Å². The van der Waals surface area contributed by atoms with E-state index in [1.807, 2.05) is 0 Å². The minimum absolute atomic E-state index is 0.376. The zero-order valence-electron chi connectivity index (χ0n) is 10.4. The van der Waals surface area contributed by atoms with Crippen molar-refractivity contribution in [1.82, 2.24) is 0 Å². The number of hydrogen-bond donors (Lipinski definition) is 1. The van der Waals surface area contributed by atoms with Crippen LogP contribution in [0.15, 0.2) is 28.9 Å². The minimum atomic E-state index is -0.575. The molecule has 0 saturated carbocycles. The fourth-order valence-electron chi connectivity index (χ4n) is 1.51. The van der Waals surface area contributed by atoms with Crippen LogP contribution in [0.4, 0.5) is 14.9 Å². The predicted molar refractivity (Wildman–Crippen MR) is 66.0 cm³/mol. The van der Waals surface area contributed by atoms with E-state index in [2.05, 4.69) is 5.32 Å². The number of benzene rings is 1. The van der Waals surface area contributed by atoms with E-state index >= 15 is 0 Å². The molecule has 0 unspecified atom stereocenters. The van der Waals surface area contributed by atoms with Crippen LogP contribution in [0.5, 0.6) is 0 Å². The highest BCUT2D eigenvalue weighted by atomic mass is 19.1. The molecule has 0 spiro atoms. The van der Waals surface area contributed by atoms with E-state index < -0.39 is 11.7 Å². The number of fused-ring (bicyclic) bond motifs is 1. The molecule has 4 nitrogen and oxygen atoms in total. The quantitative estimate of drug-likeness (QED) is 0.835. The number of amides is 1. The lowest BCUT2D eigenvalue weighted by Gasteiger charge is -2.19. The molecule has 5 heteroatoms. The molecule has 2 aromatic rings. The Morgan fingerprint density at radius 3 is 2.78 bits per heavy atom. The summed E-state index contributed by atoms with van der Waals surface area (Å²) >= 11 is 0. The lowest BCUT2D eigenvalue weighted by Crippen LogP contribution is -2.27. The predicted octanol–water partition coefficient (Wildman–Crippen LogP) is 3.92. The zero-order valence-corrected chi connectivity index (χ0v) is 10.4. The van der Waals surface area contributed by atoms with Crippen LogP contribution in [0, 0.1) is 5.82 Å². The van der Waals surface area contributed by atoms with Gasteiger partial charge in [0.2, 0.25) is 0 Å². The fourth-order valence-corrected chi connectivity index (χ4v) is 1.51. The number of nitrogens with one attached hydrogen (secondary N) is 1. The Morgan fingerprint density at radius 1 is 1.39 bits per heavy atom. The van der Waals surface area contributed by atoms with Crippen molar-refractivity contribution in [3.63, 3.8) is 0 Å². The van der Waals surface area contributed by atoms with Gasteiger partial charge in [-0.1, -0.05) is 0 Å². The molecule has 1 aromatic carbocycles. The van der Waals surface area contributed by atoms with Crippen molar-refractivity contribution in [3.8, 4) is 0 Å². The molecule has 96 valence electrons. The molecule has 1 aromatic heterocycles. The molecule has 0 fully saturated rings. The summed E-state index contributed by atoms with van der Waals surface area (Å²) in [6.45, 7) is 5.32. The summed E-state index contributed by atoms with van der Waals surface area (Å²) in [6, 6.07) is 4.11. The van der Waals surface area contributed by atoms with Crippen LogP contribution < -0.4 is 5.32 Å². The van der Waals surface area contributed by atoms with Crippen LogP contribution >= 0.6 is 0 Å². The van der Waals surface area contributed by atoms with Crippen molar-refractivity contribution in [2.24, 2.45) is 0 Å².